The van der Waals surface area contributed by atoms with Gasteiger partial charge >= 0.3 is 0 Å². The van der Waals surface area contributed by atoms with Crippen molar-refractivity contribution in [1.29, 1.82) is 0 Å². The maximum Gasteiger partial charge on any atom is 0.272 e. The number of benzene rings is 2. The first-order chi connectivity index (χ1) is 16.0. The molecular formula is C23H20F5N5O. The van der Waals surface area contributed by atoms with Gasteiger partial charge in [0.1, 0.15) is 11.4 Å². The Kier molecular flexibility index (Phi) is 5.90. The number of nitrogen functional groups attached to an aromatic ring is 1. The minimum absolute atomic E-state index is 0.00143. The molecule has 4 rings (SSSR count). The highest BCUT2D eigenvalue weighted by molar-refractivity contribution is 5.66. The maximum atomic E-state index is 15.2. The topological polar surface area (TPSA) is 91.5 Å². The van der Waals surface area contributed by atoms with E-state index in [-0.39, 0.29) is 22.8 Å². The Labute approximate surface area is 191 Å². The molecule has 2 heterocycles. The molecule has 0 radical (unpaired) electrons. The lowest BCUT2D eigenvalue weighted by Crippen LogP contribution is -2.51. The van der Waals surface area contributed by atoms with E-state index in [0.717, 1.165) is 37.3 Å². The summed E-state index contributed by atoms with van der Waals surface area (Å²) in [5.41, 5.74) is 9.74. The van der Waals surface area contributed by atoms with E-state index in [2.05, 4.69) is 10.1 Å². The Morgan fingerprint density at radius 2 is 1.71 bits per heavy atom. The number of pyridine rings is 1. The van der Waals surface area contributed by atoms with Gasteiger partial charge in [-0.25, -0.2) is 26.5 Å². The molecule has 0 aliphatic carbocycles. The van der Waals surface area contributed by atoms with Crippen LogP contribution in [0.2, 0.25) is 0 Å². The molecule has 0 saturated carbocycles. The van der Waals surface area contributed by atoms with Crippen LogP contribution in [0.5, 0.6) is 5.75 Å². The Morgan fingerprint density at radius 1 is 1.00 bits per heavy atom. The van der Waals surface area contributed by atoms with Gasteiger partial charge in [0.15, 0.2) is 23.0 Å². The minimum atomic E-state index is -3.54. The van der Waals surface area contributed by atoms with Crippen molar-refractivity contribution in [2.45, 2.75) is 24.8 Å². The third-order valence-electron chi connectivity index (χ3n) is 5.57. The molecule has 0 aliphatic rings. The third-order valence-corrected chi connectivity index (χ3v) is 5.57. The second-order valence-electron chi connectivity index (χ2n) is 7.90. The van der Waals surface area contributed by atoms with Crippen molar-refractivity contribution in [3.05, 3.63) is 77.6 Å². The van der Waals surface area contributed by atoms with Crippen molar-refractivity contribution in [3.8, 4) is 17.0 Å². The van der Waals surface area contributed by atoms with Gasteiger partial charge in [-0.1, -0.05) is 18.2 Å². The lowest BCUT2D eigenvalue weighted by atomic mass is 9.85. The number of nitrogens with two attached hydrogens (primary N) is 2. The summed E-state index contributed by atoms with van der Waals surface area (Å²) < 4.78 is 78.9. The minimum Gasteiger partial charge on any atom is -0.487 e. The van der Waals surface area contributed by atoms with Crippen LogP contribution in [0.25, 0.3) is 16.9 Å². The van der Waals surface area contributed by atoms with E-state index in [0.29, 0.717) is 5.65 Å². The first kappa shape index (κ1) is 23.4. The summed E-state index contributed by atoms with van der Waals surface area (Å²) >= 11 is 0. The largest absolute Gasteiger partial charge is 0.487 e. The van der Waals surface area contributed by atoms with Crippen molar-refractivity contribution >= 4 is 11.6 Å². The van der Waals surface area contributed by atoms with Crippen LogP contribution in [0.3, 0.4) is 0 Å². The van der Waals surface area contributed by atoms with Crippen LogP contribution in [-0.4, -0.2) is 27.1 Å². The monoisotopic (exact) mass is 477 g/mol. The number of fused-ring (bicyclic) bond motifs is 1. The Morgan fingerprint density at radius 3 is 2.41 bits per heavy atom. The second-order valence-corrected chi connectivity index (χ2v) is 7.90. The number of hydrogen-bond acceptors (Lipinski definition) is 5. The standard InChI is InChI=1S/C23H20F5N5O/c1-22(30,13-5-7-14(24)8-6-13)23(27,28)11-12-34-20-16(25)10-9-15(19(20)26)17-3-2-4-18-31-21(29)32-33(17)18/h2-10H,11-12,30H2,1H3,(H2,29,32). The highest BCUT2D eigenvalue weighted by Crippen LogP contribution is 2.38. The average Bonchev–Trinajstić information content (AvgIpc) is 3.17. The number of hydrogen-bond donors (Lipinski definition) is 2. The van der Waals surface area contributed by atoms with Crippen LogP contribution in [-0.2, 0) is 5.54 Å². The van der Waals surface area contributed by atoms with Gasteiger partial charge in [0.2, 0.25) is 5.95 Å². The smallest absolute Gasteiger partial charge is 0.272 e. The molecule has 178 valence electrons. The summed E-state index contributed by atoms with van der Waals surface area (Å²) in [6, 6.07) is 11.2. The molecule has 1 unspecified atom stereocenters. The number of nitrogens with zero attached hydrogens (tertiary/aromatic N) is 3. The highest BCUT2D eigenvalue weighted by atomic mass is 19.3. The van der Waals surface area contributed by atoms with Crippen LogP contribution in [0, 0.1) is 17.5 Å². The van der Waals surface area contributed by atoms with Crippen molar-refractivity contribution in [2.24, 2.45) is 5.73 Å². The lowest BCUT2D eigenvalue weighted by molar-refractivity contribution is -0.0847. The molecular weight excluding hydrogens is 457 g/mol. The van der Waals surface area contributed by atoms with E-state index in [1.54, 1.807) is 12.1 Å². The SMILES string of the molecule is CC(N)(c1ccc(F)cc1)C(F)(F)CCOc1c(F)ccc(-c2cccc3nc(N)nn23)c1F. The average molecular weight is 477 g/mol. The van der Waals surface area contributed by atoms with Crippen LogP contribution < -0.4 is 16.2 Å². The predicted molar refractivity (Wildman–Crippen MR) is 116 cm³/mol. The van der Waals surface area contributed by atoms with Gasteiger partial charge in [0.05, 0.1) is 12.3 Å². The summed E-state index contributed by atoms with van der Waals surface area (Å²) in [5, 5.41) is 3.98. The van der Waals surface area contributed by atoms with Gasteiger partial charge in [-0.15, -0.1) is 5.10 Å². The zero-order valence-electron chi connectivity index (χ0n) is 17.9. The van der Waals surface area contributed by atoms with Crippen LogP contribution in [0.15, 0.2) is 54.6 Å². The maximum absolute atomic E-state index is 15.2. The summed E-state index contributed by atoms with van der Waals surface area (Å²) in [7, 11) is 0. The van der Waals surface area contributed by atoms with E-state index in [4.69, 9.17) is 16.2 Å². The molecule has 6 nitrogen and oxygen atoms in total. The third kappa shape index (κ3) is 4.14. The Hall–Kier alpha value is -3.73. The number of ether oxygens (including phenoxy) is 1. The molecule has 2 aromatic carbocycles. The fourth-order valence-corrected chi connectivity index (χ4v) is 3.54. The number of anilines is 1. The zero-order valence-corrected chi connectivity index (χ0v) is 17.9. The quantitative estimate of drug-likeness (QED) is 0.378. The molecule has 2 aromatic heterocycles. The first-order valence-corrected chi connectivity index (χ1v) is 10.2. The van der Waals surface area contributed by atoms with Gasteiger partial charge in [-0.05, 0) is 48.9 Å². The predicted octanol–water partition coefficient (Wildman–Crippen LogP) is 4.67. The molecule has 34 heavy (non-hydrogen) atoms. The van der Waals surface area contributed by atoms with Gasteiger partial charge in [-0.2, -0.15) is 4.98 Å². The summed E-state index contributed by atoms with van der Waals surface area (Å²) in [4.78, 5) is 3.98. The number of aromatic nitrogens is 3. The van der Waals surface area contributed by atoms with Gasteiger partial charge in [0.25, 0.3) is 5.92 Å². The van der Waals surface area contributed by atoms with E-state index >= 15 is 4.39 Å². The van der Waals surface area contributed by atoms with Gasteiger partial charge in [-0.3, -0.25) is 0 Å². The van der Waals surface area contributed by atoms with E-state index in [1.165, 1.54) is 16.6 Å². The molecule has 1 atom stereocenters. The summed E-state index contributed by atoms with van der Waals surface area (Å²) in [6.07, 6.45) is -0.949. The summed E-state index contributed by atoms with van der Waals surface area (Å²) in [5.74, 6) is -7.16. The van der Waals surface area contributed by atoms with Crippen LogP contribution in [0.4, 0.5) is 27.9 Å². The number of halogens is 5. The number of rotatable bonds is 7. The molecule has 0 aliphatic heterocycles. The highest BCUT2D eigenvalue weighted by Gasteiger charge is 2.48. The Bertz CT molecular complexity index is 1340. The zero-order chi connectivity index (χ0) is 24.7. The van der Waals surface area contributed by atoms with Crippen molar-refractivity contribution in [1.82, 2.24) is 14.6 Å². The van der Waals surface area contributed by atoms with E-state index in [1.807, 2.05) is 0 Å². The van der Waals surface area contributed by atoms with Gasteiger partial charge < -0.3 is 16.2 Å². The van der Waals surface area contributed by atoms with Crippen molar-refractivity contribution in [3.63, 3.8) is 0 Å². The van der Waals surface area contributed by atoms with E-state index in [9.17, 15) is 17.6 Å². The van der Waals surface area contributed by atoms with E-state index < -0.39 is 47.7 Å². The molecule has 4 aromatic rings. The van der Waals surface area contributed by atoms with Crippen molar-refractivity contribution < 1.29 is 26.7 Å². The molecule has 0 bridgehead atoms. The Balaban J connectivity index is 1.57. The molecule has 0 amide bonds. The molecule has 4 N–H and O–H groups in total. The summed E-state index contributed by atoms with van der Waals surface area (Å²) in [6.45, 7) is 0.352. The molecule has 0 saturated heterocycles. The number of alkyl halides is 2. The first-order valence-electron chi connectivity index (χ1n) is 10.2. The molecule has 11 heteroatoms. The molecule has 0 spiro atoms. The lowest BCUT2D eigenvalue weighted by Gasteiger charge is -2.34. The fraction of sp³-hybridized carbons (Fsp3) is 0.217. The second kappa shape index (κ2) is 8.56. The van der Waals surface area contributed by atoms with Crippen LogP contribution >= 0.6 is 0 Å². The van der Waals surface area contributed by atoms with Crippen molar-refractivity contribution in [2.75, 3.05) is 12.3 Å². The fourth-order valence-electron chi connectivity index (χ4n) is 3.54. The normalized spacial score (nSPS) is 13.7. The molecule has 0 fully saturated rings. The van der Waals surface area contributed by atoms with Gasteiger partial charge in [0, 0.05) is 12.0 Å². The van der Waals surface area contributed by atoms with Crippen LogP contribution in [0.1, 0.15) is 18.9 Å².